The zero-order valence-corrected chi connectivity index (χ0v) is 10.7. The molecule has 3 N–H and O–H groups in total. The first kappa shape index (κ1) is 15.6. The maximum absolute atomic E-state index is 11.2. The molecule has 1 atom stereocenters. The summed E-state index contributed by atoms with van der Waals surface area (Å²) in [5, 5.41) is 14.5. The average Bonchev–Trinajstić information content (AvgIpc) is 2.24. The zero-order valence-electron chi connectivity index (χ0n) is 10.7. The standard InChI is InChI=1S/C12H22N2O3/c1-5-7-13-10(16)11(17)14-8-6-9(15)12(2,3)4/h5,9,15H,1,6-8H2,2-4H3,(H,13,16)(H,14,17). The fraction of sp³-hybridized carbons (Fsp3) is 0.667. The molecule has 0 aliphatic heterocycles. The fourth-order valence-electron chi connectivity index (χ4n) is 1.08. The average molecular weight is 242 g/mol. The first-order chi connectivity index (χ1) is 7.79. The van der Waals surface area contributed by atoms with E-state index in [0.717, 1.165) is 0 Å². The van der Waals surface area contributed by atoms with Crippen molar-refractivity contribution in [2.45, 2.75) is 33.3 Å². The SMILES string of the molecule is C=CCNC(=O)C(=O)NCCC(O)C(C)(C)C. The molecule has 2 amide bonds. The Morgan fingerprint density at radius 2 is 1.82 bits per heavy atom. The van der Waals surface area contributed by atoms with Crippen LogP contribution in [0.3, 0.4) is 0 Å². The van der Waals surface area contributed by atoms with E-state index in [4.69, 9.17) is 0 Å². The summed E-state index contributed by atoms with van der Waals surface area (Å²) < 4.78 is 0. The smallest absolute Gasteiger partial charge is 0.309 e. The number of amides is 2. The van der Waals surface area contributed by atoms with Crippen LogP contribution in [0.25, 0.3) is 0 Å². The molecular weight excluding hydrogens is 220 g/mol. The Labute approximate surface area is 102 Å². The van der Waals surface area contributed by atoms with Crippen molar-refractivity contribution in [3.63, 3.8) is 0 Å². The number of nitrogens with one attached hydrogen (secondary N) is 2. The number of carbonyl (C=O) groups excluding carboxylic acids is 2. The Morgan fingerprint density at radius 3 is 2.29 bits per heavy atom. The topological polar surface area (TPSA) is 78.4 Å². The summed E-state index contributed by atoms with van der Waals surface area (Å²) in [6.07, 6.45) is 1.40. The van der Waals surface area contributed by atoms with Crippen LogP contribution in [0.4, 0.5) is 0 Å². The molecule has 0 heterocycles. The first-order valence-electron chi connectivity index (χ1n) is 5.64. The van der Waals surface area contributed by atoms with Crippen LogP contribution in [-0.4, -0.2) is 36.1 Å². The normalized spacial score (nSPS) is 12.7. The van der Waals surface area contributed by atoms with Crippen LogP contribution in [0, 0.1) is 5.41 Å². The summed E-state index contributed by atoms with van der Waals surface area (Å²) in [5.41, 5.74) is -0.226. The highest BCUT2D eigenvalue weighted by molar-refractivity contribution is 6.35. The highest BCUT2D eigenvalue weighted by Gasteiger charge is 2.22. The molecule has 5 heteroatoms. The lowest BCUT2D eigenvalue weighted by Gasteiger charge is -2.25. The van der Waals surface area contributed by atoms with Gasteiger partial charge in [-0.2, -0.15) is 0 Å². The van der Waals surface area contributed by atoms with Gasteiger partial charge in [0.2, 0.25) is 0 Å². The van der Waals surface area contributed by atoms with Gasteiger partial charge in [0.15, 0.2) is 0 Å². The number of hydrogen-bond acceptors (Lipinski definition) is 3. The molecule has 0 aromatic carbocycles. The summed E-state index contributed by atoms with van der Waals surface area (Å²) in [6, 6.07) is 0. The van der Waals surface area contributed by atoms with Gasteiger partial charge in [0.25, 0.3) is 0 Å². The minimum atomic E-state index is -0.687. The number of carbonyl (C=O) groups is 2. The van der Waals surface area contributed by atoms with Crippen LogP contribution < -0.4 is 10.6 Å². The highest BCUT2D eigenvalue weighted by atomic mass is 16.3. The van der Waals surface area contributed by atoms with Gasteiger partial charge in [0.05, 0.1) is 6.10 Å². The molecule has 17 heavy (non-hydrogen) atoms. The van der Waals surface area contributed by atoms with Crippen molar-refractivity contribution in [1.82, 2.24) is 10.6 Å². The van der Waals surface area contributed by atoms with Crippen molar-refractivity contribution >= 4 is 11.8 Å². The van der Waals surface area contributed by atoms with E-state index in [2.05, 4.69) is 17.2 Å². The van der Waals surface area contributed by atoms with Crippen molar-refractivity contribution in [2.75, 3.05) is 13.1 Å². The van der Waals surface area contributed by atoms with E-state index < -0.39 is 17.9 Å². The quantitative estimate of drug-likeness (QED) is 0.476. The third kappa shape index (κ3) is 6.73. The second-order valence-corrected chi connectivity index (χ2v) is 4.93. The Kier molecular flexibility index (Phi) is 6.50. The van der Waals surface area contributed by atoms with Crippen LogP contribution >= 0.6 is 0 Å². The first-order valence-corrected chi connectivity index (χ1v) is 5.64. The molecule has 0 aliphatic carbocycles. The van der Waals surface area contributed by atoms with Crippen LogP contribution in [0.15, 0.2) is 12.7 Å². The maximum atomic E-state index is 11.2. The third-order valence-electron chi connectivity index (χ3n) is 2.32. The van der Waals surface area contributed by atoms with E-state index in [1.165, 1.54) is 6.08 Å². The van der Waals surface area contributed by atoms with Gasteiger partial charge in [-0.05, 0) is 11.8 Å². The molecule has 0 aliphatic rings. The van der Waals surface area contributed by atoms with Gasteiger partial charge in [-0.1, -0.05) is 26.8 Å². The Hall–Kier alpha value is -1.36. The van der Waals surface area contributed by atoms with E-state index in [0.29, 0.717) is 6.42 Å². The summed E-state index contributed by atoms with van der Waals surface area (Å²) >= 11 is 0. The lowest BCUT2D eigenvalue weighted by atomic mass is 9.87. The Morgan fingerprint density at radius 1 is 1.29 bits per heavy atom. The molecule has 0 fully saturated rings. The molecule has 0 rings (SSSR count). The molecule has 98 valence electrons. The number of aliphatic hydroxyl groups excluding tert-OH is 1. The molecule has 0 saturated carbocycles. The van der Waals surface area contributed by atoms with E-state index in [-0.39, 0.29) is 18.5 Å². The largest absolute Gasteiger partial charge is 0.393 e. The monoisotopic (exact) mass is 242 g/mol. The van der Waals surface area contributed by atoms with E-state index >= 15 is 0 Å². The van der Waals surface area contributed by atoms with Gasteiger partial charge in [-0.15, -0.1) is 6.58 Å². The molecule has 5 nitrogen and oxygen atoms in total. The molecule has 1 unspecified atom stereocenters. The fourth-order valence-corrected chi connectivity index (χ4v) is 1.08. The second kappa shape index (κ2) is 7.06. The van der Waals surface area contributed by atoms with Crippen molar-refractivity contribution in [2.24, 2.45) is 5.41 Å². The maximum Gasteiger partial charge on any atom is 0.309 e. The molecule has 0 spiro atoms. The van der Waals surface area contributed by atoms with Crippen molar-refractivity contribution in [3.8, 4) is 0 Å². The summed E-state index contributed by atoms with van der Waals surface area (Å²) in [5.74, 6) is -1.37. The minimum absolute atomic E-state index is 0.226. The van der Waals surface area contributed by atoms with Crippen molar-refractivity contribution in [3.05, 3.63) is 12.7 Å². The third-order valence-corrected chi connectivity index (χ3v) is 2.32. The number of aliphatic hydroxyl groups is 1. The van der Waals surface area contributed by atoms with Gasteiger partial charge in [-0.25, -0.2) is 0 Å². The van der Waals surface area contributed by atoms with Gasteiger partial charge in [-0.3, -0.25) is 9.59 Å². The predicted octanol–water partition coefficient (Wildman–Crippen LogP) is 0.202. The van der Waals surface area contributed by atoms with Gasteiger partial charge < -0.3 is 15.7 Å². The van der Waals surface area contributed by atoms with Crippen LogP contribution in [-0.2, 0) is 9.59 Å². The van der Waals surface area contributed by atoms with Gasteiger partial charge >= 0.3 is 11.8 Å². The summed E-state index contributed by atoms with van der Waals surface area (Å²) in [7, 11) is 0. The second-order valence-electron chi connectivity index (χ2n) is 4.93. The zero-order chi connectivity index (χ0) is 13.5. The Bertz CT molecular complexity index is 282. The Balaban J connectivity index is 3.85. The van der Waals surface area contributed by atoms with Crippen LogP contribution in [0.5, 0.6) is 0 Å². The van der Waals surface area contributed by atoms with Gasteiger partial charge in [0, 0.05) is 13.1 Å². The van der Waals surface area contributed by atoms with Crippen LogP contribution in [0.2, 0.25) is 0 Å². The number of hydrogen-bond donors (Lipinski definition) is 3. The summed E-state index contributed by atoms with van der Waals surface area (Å²) in [4.78, 5) is 22.4. The molecule has 0 aromatic rings. The predicted molar refractivity (Wildman–Crippen MR) is 66.3 cm³/mol. The minimum Gasteiger partial charge on any atom is -0.393 e. The van der Waals surface area contributed by atoms with Crippen LogP contribution in [0.1, 0.15) is 27.2 Å². The molecule has 0 bridgehead atoms. The highest BCUT2D eigenvalue weighted by Crippen LogP contribution is 2.20. The molecule has 0 saturated heterocycles. The van der Waals surface area contributed by atoms with E-state index in [9.17, 15) is 14.7 Å². The van der Waals surface area contributed by atoms with E-state index in [1.54, 1.807) is 0 Å². The summed E-state index contributed by atoms with van der Waals surface area (Å²) in [6.45, 7) is 9.70. The van der Waals surface area contributed by atoms with Crippen molar-refractivity contribution in [1.29, 1.82) is 0 Å². The van der Waals surface area contributed by atoms with Crippen molar-refractivity contribution < 1.29 is 14.7 Å². The molecule has 0 radical (unpaired) electrons. The lowest BCUT2D eigenvalue weighted by Crippen LogP contribution is -2.41. The van der Waals surface area contributed by atoms with Gasteiger partial charge in [0.1, 0.15) is 0 Å². The number of rotatable bonds is 5. The molecule has 0 aromatic heterocycles. The molecular formula is C12H22N2O3. The van der Waals surface area contributed by atoms with E-state index in [1.807, 2.05) is 20.8 Å². The lowest BCUT2D eigenvalue weighted by molar-refractivity contribution is -0.139.